The summed E-state index contributed by atoms with van der Waals surface area (Å²) in [6.45, 7) is 0.200. The van der Waals surface area contributed by atoms with Crippen LogP contribution in [0.25, 0.3) is 0 Å². The maximum Gasteiger partial charge on any atom is 0.286 e. The zero-order valence-electron chi connectivity index (χ0n) is 14.4. The molecule has 2 aromatic rings. The Morgan fingerprint density at radius 3 is 2.59 bits per heavy atom. The summed E-state index contributed by atoms with van der Waals surface area (Å²) in [5.41, 5.74) is 0.364. The van der Waals surface area contributed by atoms with Crippen molar-refractivity contribution in [2.75, 3.05) is 14.2 Å². The van der Waals surface area contributed by atoms with E-state index in [-0.39, 0.29) is 23.6 Å². The van der Waals surface area contributed by atoms with E-state index in [1.54, 1.807) is 0 Å². The van der Waals surface area contributed by atoms with Gasteiger partial charge in [-0.2, -0.15) is 0 Å². The first-order chi connectivity index (χ1) is 12.9. The molecule has 0 N–H and O–H groups in total. The predicted octanol–water partition coefficient (Wildman–Crippen LogP) is 3.20. The van der Waals surface area contributed by atoms with Crippen LogP contribution in [0.2, 0.25) is 0 Å². The molecule has 0 spiro atoms. The maximum absolute atomic E-state index is 13.1. The lowest BCUT2D eigenvalue weighted by Crippen LogP contribution is -2.44. The molecule has 10 heteroatoms. The Balaban J connectivity index is 2.06. The van der Waals surface area contributed by atoms with Gasteiger partial charge >= 0.3 is 0 Å². The number of rotatable bonds is 5. The van der Waals surface area contributed by atoms with Crippen LogP contribution in [-0.2, 0) is 17.8 Å². The minimum absolute atomic E-state index is 0.149. The summed E-state index contributed by atoms with van der Waals surface area (Å²) in [4.78, 5) is 37.9. The molecule has 0 saturated carbocycles. The summed E-state index contributed by atoms with van der Waals surface area (Å²) in [5, 5.41) is 11.5. The van der Waals surface area contributed by atoms with Crippen LogP contribution >= 0.6 is 27.3 Å². The van der Waals surface area contributed by atoms with Gasteiger partial charge in [0.05, 0.1) is 35.0 Å². The van der Waals surface area contributed by atoms with Crippen LogP contribution in [0.15, 0.2) is 22.0 Å². The number of nitro benzene ring substituents is 1. The smallest absolute Gasteiger partial charge is 0.286 e. The minimum Gasteiger partial charge on any atom is -0.493 e. The molecule has 0 fully saturated rings. The van der Waals surface area contributed by atoms with Crippen molar-refractivity contribution in [1.29, 1.82) is 0 Å². The van der Waals surface area contributed by atoms with Crippen molar-refractivity contribution in [1.82, 2.24) is 4.90 Å². The molecule has 1 aromatic carbocycles. The molecule has 1 aliphatic heterocycles. The van der Waals surface area contributed by atoms with Crippen LogP contribution < -0.4 is 9.47 Å². The first-order valence-corrected chi connectivity index (χ1v) is 9.44. The first-order valence-electron chi connectivity index (χ1n) is 7.83. The second-order valence-corrected chi connectivity index (χ2v) is 8.34. The molecule has 0 saturated heterocycles. The van der Waals surface area contributed by atoms with E-state index in [0.717, 1.165) is 20.3 Å². The molecule has 0 aliphatic carbocycles. The molecule has 0 bridgehead atoms. The lowest BCUT2D eigenvalue weighted by atomic mass is 10.0. The third-order valence-corrected chi connectivity index (χ3v) is 6.05. The number of halogens is 1. The zero-order valence-corrected chi connectivity index (χ0v) is 16.8. The fourth-order valence-corrected chi connectivity index (χ4v) is 4.83. The minimum atomic E-state index is -0.691. The SMILES string of the molecule is COc1cc(C(=O)N2Cc3cc(Br)sc3C[C@H]2C=O)c([N+](=O)[O-])cc1OC. The van der Waals surface area contributed by atoms with Gasteiger partial charge in [-0.3, -0.25) is 14.9 Å². The van der Waals surface area contributed by atoms with E-state index in [4.69, 9.17) is 9.47 Å². The molecular weight excluding hydrogens is 440 g/mol. The number of aldehydes is 1. The van der Waals surface area contributed by atoms with Gasteiger partial charge in [-0.15, -0.1) is 11.3 Å². The quantitative estimate of drug-likeness (QED) is 0.390. The molecule has 1 aromatic heterocycles. The highest BCUT2D eigenvalue weighted by molar-refractivity contribution is 9.11. The summed E-state index contributed by atoms with van der Waals surface area (Å²) in [5.74, 6) is -0.256. The summed E-state index contributed by atoms with van der Waals surface area (Å²) in [6, 6.07) is 3.63. The van der Waals surface area contributed by atoms with Crippen LogP contribution in [-0.4, -0.2) is 42.3 Å². The van der Waals surface area contributed by atoms with E-state index in [1.807, 2.05) is 6.07 Å². The van der Waals surface area contributed by atoms with E-state index in [0.29, 0.717) is 12.7 Å². The molecule has 27 heavy (non-hydrogen) atoms. The maximum atomic E-state index is 13.1. The fraction of sp³-hybridized carbons (Fsp3) is 0.294. The Morgan fingerprint density at radius 2 is 2.00 bits per heavy atom. The van der Waals surface area contributed by atoms with Crippen molar-refractivity contribution >= 4 is 45.1 Å². The standard InChI is InChI=1S/C17H15BrN2O6S/c1-25-13-5-11(12(20(23)24)6-14(13)26-2)17(22)19-7-9-3-16(18)27-15(9)4-10(19)8-21/h3,5-6,8,10H,4,7H2,1-2H3/t10-/m0/s1. The van der Waals surface area contributed by atoms with Gasteiger partial charge < -0.3 is 19.2 Å². The lowest BCUT2D eigenvalue weighted by Gasteiger charge is -2.32. The Kier molecular flexibility index (Phi) is 5.47. The number of benzene rings is 1. The van der Waals surface area contributed by atoms with Gasteiger partial charge in [0.1, 0.15) is 11.8 Å². The molecule has 142 valence electrons. The second-order valence-electron chi connectivity index (χ2n) is 5.82. The molecule has 1 atom stereocenters. The first kappa shape index (κ1) is 19.3. The Hall–Kier alpha value is -2.46. The molecule has 1 amide bonds. The number of hydrogen-bond donors (Lipinski definition) is 0. The Bertz CT molecular complexity index is 928. The van der Waals surface area contributed by atoms with Gasteiger partial charge in [-0.25, -0.2) is 0 Å². The number of nitro groups is 1. The monoisotopic (exact) mass is 454 g/mol. The molecule has 1 aliphatic rings. The van der Waals surface area contributed by atoms with E-state index in [2.05, 4.69) is 15.9 Å². The number of carbonyl (C=O) groups is 2. The Morgan fingerprint density at radius 1 is 1.33 bits per heavy atom. The van der Waals surface area contributed by atoms with Crippen molar-refractivity contribution in [2.45, 2.75) is 19.0 Å². The molecule has 0 radical (unpaired) electrons. The Labute approximate surface area is 167 Å². The van der Waals surface area contributed by atoms with Gasteiger partial charge in [0, 0.05) is 23.9 Å². The van der Waals surface area contributed by atoms with E-state index < -0.39 is 22.6 Å². The number of thiophene rings is 1. The molecule has 3 rings (SSSR count). The second kappa shape index (κ2) is 7.65. The van der Waals surface area contributed by atoms with Crippen molar-refractivity contribution < 1.29 is 24.0 Å². The number of ether oxygens (including phenoxy) is 2. The van der Waals surface area contributed by atoms with E-state index in [9.17, 15) is 19.7 Å². The topological polar surface area (TPSA) is 99.0 Å². The highest BCUT2D eigenvalue weighted by atomic mass is 79.9. The number of fused-ring (bicyclic) bond motifs is 1. The molecule has 8 nitrogen and oxygen atoms in total. The molecule has 2 heterocycles. The number of methoxy groups -OCH3 is 2. The summed E-state index contributed by atoms with van der Waals surface area (Å²) in [6.07, 6.45) is 1.07. The van der Waals surface area contributed by atoms with Crippen molar-refractivity contribution in [3.05, 3.63) is 48.1 Å². The lowest BCUT2D eigenvalue weighted by molar-refractivity contribution is -0.385. The van der Waals surface area contributed by atoms with Gasteiger partial charge in [0.15, 0.2) is 11.5 Å². The number of amides is 1. The highest BCUT2D eigenvalue weighted by Gasteiger charge is 2.35. The van der Waals surface area contributed by atoms with Gasteiger partial charge in [-0.1, -0.05) is 0 Å². The van der Waals surface area contributed by atoms with Crippen LogP contribution in [0.5, 0.6) is 11.5 Å². The average Bonchev–Trinajstić information content (AvgIpc) is 3.03. The van der Waals surface area contributed by atoms with Crippen LogP contribution in [0.3, 0.4) is 0 Å². The number of carbonyl (C=O) groups excluding carboxylic acids is 2. The van der Waals surface area contributed by atoms with Gasteiger partial charge in [-0.05, 0) is 27.6 Å². The zero-order chi connectivity index (χ0) is 19.7. The van der Waals surface area contributed by atoms with Crippen molar-refractivity contribution in [2.24, 2.45) is 0 Å². The highest BCUT2D eigenvalue weighted by Crippen LogP contribution is 2.38. The number of hydrogen-bond acceptors (Lipinski definition) is 7. The van der Waals surface area contributed by atoms with Gasteiger partial charge in [0.25, 0.3) is 11.6 Å². The third-order valence-electron chi connectivity index (χ3n) is 4.35. The van der Waals surface area contributed by atoms with E-state index in [1.165, 1.54) is 36.5 Å². The summed E-state index contributed by atoms with van der Waals surface area (Å²) < 4.78 is 11.2. The molecular formula is C17H15BrN2O6S. The van der Waals surface area contributed by atoms with Crippen molar-refractivity contribution in [3.8, 4) is 11.5 Å². The number of nitrogens with zero attached hydrogens (tertiary/aromatic N) is 2. The molecule has 0 unspecified atom stereocenters. The normalized spacial score (nSPS) is 15.8. The fourth-order valence-electron chi connectivity index (χ4n) is 3.03. The van der Waals surface area contributed by atoms with Crippen LogP contribution in [0, 0.1) is 10.1 Å². The van der Waals surface area contributed by atoms with E-state index >= 15 is 0 Å². The van der Waals surface area contributed by atoms with Crippen LogP contribution in [0.4, 0.5) is 5.69 Å². The predicted molar refractivity (Wildman–Crippen MR) is 102 cm³/mol. The van der Waals surface area contributed by atoms with Crippen LogP contribution in [0.1, 0.15) is 20.8 Å². The average molecular weight is 455 g/mol. The third kappa shape index (κ3) is 3.54. The van der Waals surface area contributed by atoms with Crippen molar-refractivity contribution in [3.63, 3.8) is 0 Å². The summed E-state index contributed by atoms with van der Waals surface area (Å²) >= 11 is 4.92. The summed E-state index contributed by atoms with van der Waals surface area (Å²) in [7, 11) is 2.73. The van der Waals surface area contributed by atoms with Gasteiger partial charge in [0.2, 0.25) is 0 Å². The largest absolute Gasteiger partial charge is 0.493 e.